The van der Waals surface area contributed by atoms with Crippen LogP contribution in [-0.4, -0.2) is 25.2 Å². The molecule has 2 aromatic carbocycles. The molecule has 0 aliphatic rings. The summed E-state index contributed by atoms with van der Waals surface area (Å²) in [6.07, 6.45) is 5.02. The summed E-state index contributed by atoms with van der Waals surface area (Å²) < 4.78 is 10.4. The molecule has 0 saturated heterocycles. The summed E-state index contributed by atoms with van der Waals surface area (Å²) in [5, 5.41) is 0. The molecule has 0 fully saturated rings. The molecule has 0 atom stereocenters. The lowest BCUT2D eigenvalue weighted by Crippen LogP contribution is -2.16. The molecule has 4 nitrogen and oxygen atoms in total. The second-order valence-electron chi connectivity index (χ2n) is 6.11. The van der Waals surface area contributed by atoms with Crippen LogP contribution < -0.4 is 0 Å². The van der Waals surface area contributed by atoms with Crippen LogP contribution in [0.1, 0.15) is 59.5 Å². The van der Waals surface area contributed by atoms with E-state index in [0.29, 0.717) is 11.1 Å². The van der Waals surface area contributed by atoms with Crippen LogP contribution in [0.3, 0.4) is 0 Å². The van der Waals surface area contributed by atoms with Gasteiger partial charge in [-0.15, -0.1) is 13.2 Å². The summed E-state index contributed by atoms with van der Waals surface area (Å²) in [6, 6.07) is 14.7. The first-order valence-electron chi connectivity index (χ1n) is 10.1. The Labute approximate surface area is 181 Å². The van der Waals surface area contributed by atoms with Gasteiger partial charge in [-0.3, -0.25) is 0 Å². The zero-order chi connectivity index (χ0) is 22.8. The van der Waals surface area contributed by atoms with E-state index >= 15 is 0 Å². The second kappa shape index (κ2) is 16.8. The SMILES string of the molecule is C=CC.C=CC.CCc1ccccc1C(=O)OCCOC(=O)c1ccccc1CC. The van der Waals surface area contributed by atoms with E-state index in [-0.39, 0.29) is 13.2 Å². The molecule has 0 saturated carbocycles. The molecule has 0 amide bonds. The van der Waals surface area contributed by atoms with Crippen molar-refractivity contribution >= 4 is 11.9 Å². The molecule has 0 unspecified atom stereocenters. The number of carbonyl (C=O) groups excluding carboxylic acids is 2. The number of carbonyl (C=O) groups is 2. The monoisotopic (exact) mass is 410 g/mol. The highest BCUT2D eigenvalue weighted by molar-refractivity contribution is 5.91. The van der Waals surface area contributed by atoms with Gasteiger partial charge < -0.3 is 9.47 Å². The molecule has 30 heavy (non-hydrogen) atoms. The maximum absolute atomic E-state index is 12.1. The Hall–Kier alpha value is -3.14. The van der Waals surface area contributed by atoms with Gasteiger partial charge in [-0.1, -0.05) is 62.4 Å². The number of rotatable bonds is 7. The van der Waals surface area contributed by atoms with Gasteiger partial charge in [0.05, 0.1) is 11.1 Å². The van der Waals surface area contributed by atoms with Crippen molar-refractivity contribution in [2.45, 2.75) is 40.5 Å². The van der Waals surface area contributed by atoms with Crippen molar-refractivity contribution in [3.8, 4) is 0 Å². The zero-order valence-corrected chi connectivity index (χ0v) is 18.6. The van der Waals surface area contributed by atoms with Crippen molar-refractivity contribution in [3.05, 3.63) is 96.1 Å². The molecule has 0 spiro atoms. The molecule has 0 radical (unpaired) electrons. The molecule has 4 heteroatoms. The van der Waals surface area contributed by atoms with Crippen LogP contribution in [-0.2, 0) is 22.3 Å². The summed E-state index contributed by atoms with van der Waals surface area (Å²) >= 11 is 0. The van der Waals surface area contributed by atoms with E-state index in [0.717, 1.165) is 24.0 Å². The van der Waals surface area contributed by atoms with Gasteiger partial charge in [-0.25, -0.2) is 9.59 Å². The van der Waals surface area contributed by atoms with E-state index in [4.69, 9.17) is 9.47 Å². The summed E-state index contributed by atoms with van der Waals surface area (Å²) in [7, 11) is 0. The Morgan fingerprint density at radius 2 is 1.03 bits per heavy atom. The van der Waals surface area contributed by atoms with E-state index in [1.165, 1.54) is 0 Å². The summed E-state index contributed by atoms with van der Waals surface area (Å²) in [4.78, 5) is 24.2. The Morgan fingerprint density at radius 3 is 1.33 bits per heavy atom. The number of hydrogen-bond donors (Lipinski definition) is 0. The number of esters is 2. The first-order chi connectivity index (χ1) is 14.5. The minimum absolute atomic E-state index is 0.0386. The largest absolute Gasteiger partial charge is 0.458 e. The van der Waals surface area contributed by atoms with Gasteiger partial charge in [0.15, 0.2) is 0 Å². The van der Waals surface area contributed by atoms with Crippen LogP contribution in [0.25, 0.3) is 0 Å². The predicted octanol–water partition coefficient (Wildman–Crippen LogP) is 6.21. The van der Waals surface area contributed by atoms with Crippen LogP contribution in [0.4, 0.5) is 0 Å². The topological polar surface area (TPSA) is 52.6 Å². The average molecular weight is 411 g/mol. The lowest BCUT2D eigenvalue weighted by molar-refractivity contribution is 0.0264. The zero-order valence-electron chi connectivity index (χ0n) is 18.6. The highest BCUT2D eigenvalue weighted by Crippen LogP contribution is 2.12. The number of ether oxygens (including phenoxy) is 2. The molecular weight excluding hydrogens is 376 g/mol. The molecule has 0 N–H and O–H groups in total. The first kappa shape index (κ1) is 26.9. The molecule has 2 aromatic rings. The van der Waals surface area contributed by atoms with Crippen molar-refractivity contribution in [2.24, 2.45) is 0 Å². The smallest absolute Gasteiger partial charge is 0.338 e. The first-order valence-corrected chi connectivity index (χ1v) is 10.1. The minimum atomic E-state index is -0.391. The quantitative estimate of drug-likeness (QED) is 0.309. The maximum atomic E-state index is 12.1. The van der Waals surface area contributed by atoms with E-state index in [1.54, 1.807) is 36.4 Å². The second-order valence-corrected chi connectivity index (χ2v) is 6.11. The highest BCUT2D eigenvalue weighted by Gasteiger charge is 2.13. The Bertz CT molecular complexity index is 726. The summed E-state index contributed by atoms with van der Waals surface area (Å²) in [5.74, 6) is -0.782. The molecule has 0 heterocycles. The molecule has 0 aliphatic heterocycles. The summed E-state index contributed by atoms with van der Waals surface area (Å²) in [5.41, 5.74) is 3.00. The van der Waals surface area contributed by atoms with Crippen molar-refractivity contribution in [3.63, 3.8) is 0 Å². The third kappa shape index (κ3) is 9.87. The van der Waals surface area contributed by atoms with Crippen LogP contribution in [0.2, 0.25) is 0 Å². The Kier molecular flexibility index (Phi) is 15.0. The van der Waals surface area contributed by atoms with Crippen LogP contribution >= 0.6 is 0 Å². The van der Waals surface area contributed by atoms with Crippen molar-refractivity contribution in [1.29, 1.82) is 0 Å². The van der Waals surface area contributed by atoms with Gasteiger partial charge in [0.1, 0.15) is 13.2 Å². The fourth-order valence-corrected chi connectivity index (χ4v) is 2.48. The van der Waals surface area contributed by atoms with E-state index in [2.05, 4.69) is 13.2 Å². The standard InChI is InChI=1S/C20H22O4.2C3H6/c1-3-15-9-5-7-11-17(15)19(21)23-13-14-24-20(22)18-12-8-6-10-16(18)4-2;2*1-3-2/h5-12H,3-4,13-14H2,1-2H3;2*3H,1H2,2H3. The van der Waals surface area contributed by atoms with Crippen molar-refractivity contribution < 1.29 is 19.1 Å². The predicted molar refractivity (Wildman–Crippen MR) is 124 cm³/mol. The number of benzene rings is 2. The van der Waals surface area contributed by atoms with Crippen LogP contribution in [0, 0.1) is 0 Å². The van der Waals surface area contributed by atoms with Gasteiger partial charge in [0.2, 0.25) is 0 Å². The van der Waals surface area contributed by atoms with Gasteiger partial charge in [-0.2, -0.15) is 0 Å². The third-order valence-electron chi connectivity index (χ3n) is 3.79. The lowest BCUT2D eigenvalue weighted by atomic mass is 10.1. The van der Waals surface area contributed by atoms with E-state index in [1.807, 2.05) is 52.0 Å². The van der Waals surface area contributed by atoms with Gasteiger partial charge in [0.25, 0.3) is 0 Å². The van der Waals surface area contributed by atoms with Gasteiger partial charge in [0, 0.05) is 0 Å². The number of hydrogen-bond acceptors (Lipinski definition) is 4. The third-order valence-corrected chi connectivity index (χ3v) is 3.79. The highest BCUT2D eigenvalue weighted by atomic mass is 16.6. The summed E-state index contributed by atoms with van der Waals surface area (Å²) in [6.45, 7) is 14.5. The molecule has 0 aromatic heterocycles. The molecule has 0 bridgehead atoms. The van der Waals surface area contributed by atoms with E-state index < -0.39 is 11.9 Å². The van der Waals surface area contributed by atoms with E-state index in [9.17, 15) is 9.59 Å². The van der Waals surface area contributed by atoms with Gasteiger partial charge >= 0.3 is 11.9 Å². The van der Waals surface area contributed by atoms with Crippen molar-refractivity contribution in [2.75, 3.05) is 13.2 Å². The lowest BCUT2D eigenvalue weighted by Gasteiger charge is -2.10. The normalized spacial score (nSPS) is 9.07. The minimum Gasteiger partial charge on any atom is -0.458 e. The van der Waals surface area contributed by atoms with Crippen LogP contribution in [0.15, 0.2) is 73.8 Å². The van der Waals surface area contributed by atoms with Gasteiger partial charge in [-0.05, 0) is 49.9 Å². The molecular formula is C26H34O4. The van der Waals surface area contributed by atoms with Crippen LogP contribution in [0.5, 0.6) is 0 Å². The average Bonchev–Trinajstić information content (AvgIpc) is 2.77. The molecule has 162 valence electrons. The molecule has 2 rings (SSSR count). The number of aryl methyl sites for hydroxylation is 2. The number of allylic oxidation sites excluding steroid dienone is 2. The molecule has 0 aliphatic carbocycles. The fraction of sp³-hybridized carbons (Fsp3) is 0.308. The van der Waals surface area contributed by atoms with Crippen molar-refractivity contribution in [1.82, 2.24) is 0 Å². The fourth-order valence-electron chi connectivity index (χ4n) is 2.48. The Balaban J connectivity index is 0.00000125. The Morgan fingerprint density at radius 1 is 0.733 bits per heavy atom. The maximum Gasteiger partial charge on any atom is 0.338 e.